The van der Waals surface area contributed by atoms with E-state index in [0.29, 0.717) is 13.2 Å². The summed E-state index contributed by atoms with van der Waals surface area (Å²) in [5.41, 5.74) is 4.68. The Kier molecular flexibility index (Phi) is 6.20. The van der Waals surface area contributed by atoms with Crippen molar-refractivity contribution < 1.29 is 9.15 Å². The summed E-state index contributed by atoms with van der Waals surface area (Å²) in [5, 5.41) is 4.29. The molecule has 0 saturated carbocycles. The standard InChI is InChI=1S/C23H28N4O2S/c1-16-14-19(17(2)27(16)15-18-8-6-13-29-18)22-21(20-9-4-5-10-24-20)25-23(30)26(22)11-7-12-28-3/h4-6,8-10,13-14,21-22H,7,11-12,15H2,1-3H3,(H,25,30)/t21-,22+/m1/s1. The van der Waals surface area contributed by atoms with Crippen LogP contribution in [0.15, 0.2) is 53.3 Å². The Bertz CT molecular complexity index is 984. The molecule has 3 aromatic heterocycles. The zero-order valence-electron chi connectivity index (χ0n) is 17.7. The van der Waals surface area contributed by atoms with Gasteiger partial charge in [0.25, 0.3) is 0 Å². The van der Waals surface area contributed by atoms with Gasteiger partial charge in [-0.2, -0.15) is 0 Å². The molecule has 0 unspecified atom stereocenters. The van der Waals surface area contributed by atoms with Gasteiger partial charge in [-0.05, 0) is 68.4 Å². The van der Waals surface area contributed by atoms with Gasteiger partial charge < -0.3 is 23.9 Å². The van der Waals surface area contributed by atoms with Crippen LogP contribution in [0.3, 0.4) is 0 Å². The predicted octanol–water partition coefficient (Wildman–Crippen LogP) is 4.15. The Hall–Kier alpha value is -2.64. The summed E-state index contributed by atoms with van der Waals surface area (Å²) in [6.07, 6.45) is 4.47. The fraction of sp³-hybridized carbons (Fsp3) is 0.391. The van der Waals surface area contributed by atoms with Gasteiger partial charge in [-0.3, -0.25) is 4.98 Å². The van der Waals surface area contributed by atoms with Gasteiger partial charge in [0, 0.05) is 37.8 Å². The van der Waals surface area contributed by atoms with E-state index in [1.807, 2.05) is 30.5 Å². The number of aromatic nitrogens is 2. The molecule has 0 bridgehead atoms. The maximum absolute atomic E-state index is 5.74. The quantitative estimate of drug-likeness (QED) is 0.433. The predicted molar refractivity (Wildman–Crippen MR) is 120 cm³/mol. The summed E-state index contributed by atoms with van der Waals surface area (Å²) in [6.45, 7) is 6.57. The fourth-order valence-corrected chi connectivity index (χ4v) is 4.62. The molecule has 3 aromatic rings. The molecule has 0 spiro atoms. The summed E-state index contributed by atoms with van der Waals surface area (Å²) in [7, 11) is 1.73. The number of aryl methyl sites for hydroxylation is 1. The van der Waals surface area contributed by atoms with Gasteiger partial charge in [0.15, 0.2) is 5.11 Å². The molecule has 1 N–H and O–H groups in total. The molecule has 4 heterocycles. The molecule has 30 heavy (non-hydrogen) atoms. The largest absolute Gasteiger partial charge is 0.467 e. The lowest BCUT2D eigenvalue weighted by Crippen LogP contribution is -2.31. The van der Waals surface area contributed by atoms with Crippen LogP contribution in [0.5, 0.6) is 0 Å². The number of furan rings is 1. The van der Waals surface area contributed by atoms with E-state index in [1.165, 1.54) is 17.0 Å². The van der Waals surface area contributed by atoms with E-state index in [0.717, 1.165) is 29.5 Å². The first-order valence-corrected chi connectivity index (χ1v) is 10.7. The first-order valence-electron chi connectivity index (χ1n) is 10.3. The molecule has 158 valence electrons. The van der Waals surface area contributed by atoms with Crippen LogP contribution in [0.2, 0.25) is 0 Å². The van der Waals surface area contributed by atoms with Crippen LogP contribution in [0, 0.1) is 13.8 Å². The number of thiocarbonyl (C=S) groups is 1. The highest BCUT2D eigenvalue weighted by atomic mass is 32.1. The van der Waals surface area contributed by atoms with Crippen LogP contribution >= 0.6 is 12.2 Å². The molecule has 1 saturated heterocycles. The number of nitrogens with zero attached hydrogens (tertiary/aromatic N) is 3. The Morgan fingerprint density at radius 1 is 1.23 bits per heavy atom. The Morgan fingerprint density at radius 2 is 2.10 bits per heavy atom. The molecule has 1 aliphatic heterocycles. The van der Waals surface area contributed by atoms with Crippen molar-refractivity contribution in [2.75, 3.05) is 20.3 Å². The molecule has 1 fully saturated rings. The topological polar surface area (TPSA) is 55.5 Å². The molecule has 7 heteroatoms. The Labute approximate surface area is 182 Å². The molecule has 6 nitrogen and oxygen atoms in total. The average Bonchev–Trinajstić information content (AvgIpc) is 3.45. The van der Waals surface area contributed by atoms with Crippen molar-refractivity contribution in [1.29, 1.82) is 0 Å². The Balaban J connectivity index is 1.72. The number of methoxy groups -OCH3 is 1. The molecule has 0 aliphatic carbocycles. The summed E-state index contributed by atoms with van der Waals surface area (Å²) in [4.78, 5) is 6.91. The minimum atomic E-state index is -0.00110. The zero-order chi connectivity index (χ0) is 21.1. The fourth-order valence-electron chi connectivity index (χ4n) is 4.29. The highest BCUT2D eigenvalue weighted by Gasteiger charge is 2.41. The van der Waals surface area contributed by atoms with Crippen molar-refractivity contribution in [3.8, 4) is 0 Å². The minimum Gasteiger partial charge on any atom is -0.467 e. The molecular formula is C23H28N4O2S. The monoisotopic (exact) mass is 424 g/mol. The third kappa shape index (κ3) is 4.00. The first kappa shape index (κ1) is 20.6. The molecule has 1 aliphatic rings. The molecule has 4 rings (SSSR count). The SMILES string of the molecule is COCCCN1C(=S)N[C@H](c2ccccn2)[C@@H]1c1cc(C)n(Cc2ccco2)c1C. The van der Waals surface area contributed by atoms with Crippen molar-refractivity contribution in [1.82, 2.24) is 19.8 Å². The van der Waals surface area contributed by atoms with E-state index in [2.05, 4.69) is 45.7 Å². The first-order chi connectivity index (χ1) is 14.6. The minimum absolute atomic E-state index is 0.00110. The number of nitrogens with one attached hydrogen (secondary N) is 1. The lowest BCUT2D eigenvalue weighted by molar-refractivity contribution is 0.180. The van der Waals surface area contributed by atoms with Gasteiger partial charge in [-0.25, -0.2) is 0 Å². The number of ether oxygens (including phenoxy) is 1. The number of pyridine rings is 1. The van der Waals surface area contributed by atoms with Crippen LogP contribution in [0.25, 0.3) is 0 Å². The van der Waals surface area contributed by atoms with Crippen molar-refractivity contribution in [2.45, 2.75) is 38.9 Å². The summed E-state index contributed by atoms with van der Waals surface area (Å²) >= 11 is 5.74. The van der Waals surface area contributed by atoms with Crippen LogP contribution in [0.4, 0.5) is 0 Å². The van der Waals surface area contributed by atoms with Gasteiger partial charge in [-0.1, -0.05) is 6.07 Å². The van der Waals surface area contributed by atoms with E-state index >= 15 is 0 Å². The van der Waals surface area contributed by atoms with Gasteiger partial charge in [0.2, 0.25) is 0 Å². The van der Waals surface area contributed by atoms with Gasteiger partial charge in [-0.15, -0.1) is 0 Å². The summed E-state index contributed by atoms with van der Waals surface area (Å²) < 4.78 is 13.2. The third-order valence-electron chi connectivity index (χ3n) is 5.77. The van der Waals surface area contributed by atoms with E-state index in [9.17, 15) is 0 Å². The van der Waals surface area contributed by atoms with Gasteiger partial charge in [0.1, 0.15) is 5.76 Å². The van der Waals surface area contributed by atoms with Crippen LogP contribution in [-0.2, 0) is 11.3 Å². The van der Waals surface area contributed by atoms with Crippen molar-refractivity contribution in [3.05, 3.63) is 77.3 Å². The second-order valence-corrected chi connectivity index (χ2v) is 8.05. The van der Waals surface area contributed by atoms with Crippen molar-refractivity contribution in [2.24, 2.45) is 0 Å². The lowest BCUT2D eigenvalue weighted by Gasteiger charge is -2.28. The molecule has 2 atom stereocenters. The lowest BCUT2D eigenvalue weighted by atomic mass is 9.96. The highest BCUT2D eigenvalue weighted by molar-refractivity contribution is 7.80. The maximum Gasteiger partial charge on any atom is 0.170 e. The smallest absolute Gasteiger partial charge is 0.170 e. The van der Waals surface area contributed by atoms with Gasteiger partial charge >= 0.3 is 0 Å². The second kappa shape index (κ2) is 9.02. The molecule has 0 radical (unpaired) electrons. The summed E-state index contributed by atoms with van der Waals surface area (Å²) in [6, 6.07) is 12.3. The van der Waals surface area contributed by atoms with Crippen LogP contribution < -0.4 is 5.32 Å². The van der Waals surface area contributed by atoms with E-state index in [4.69, 9.17) is 21.4 Å². The number of rotatable bonds is 8. The van der Waals surface area contributed by atoms with Crippen molar-refractivity contribution in [3.63, 3.8) is 0 Å². The normalized spacial score (nSPS) is 18.8. The summed E-state index contributed by atoms with van der Waals surface area (Å²) in [5.74, 6) is 0.946. The molecule has 0 aromatic carbocycles. The number of hydrogen-bond donors (Lipinski definition) is 1. The maximum atomic E-state index is 5.74. The highest BCUT2D eigenvalue weighted by Crippen LogP contribution is 2.40. The van der Waals surface area contributed by atoms with Crippen molar-refractivity contribution >= 4 is 17.3 Å². The molecular weight excluding hydrogens is 396 g/mol. The van der Waals surface area contributed by atoms with Crippen LogP contribution in [-0.4, -0.2) is 39.8 Å². The third-order valence-corrected chi connectivity index (χ3v) is 6.12. The Morgan fingerprint density at radius 3 is 2.80 bits per heavy atom. The zero-order valence-corrected chi connectivity index (χ0v) is 18.5. The van der Waals surface area contributed by atoms with E-state index in [1.54, 1.807) is 13.4 Å². The van der Waals surface area contributed by atoms with E-state index < -0.39 is 0 Å². The molecule has 0 amide bonds. The number of hydrogen-bond acceptors (Lipinski definition) is 4. The van der Waals surface area contributed by atoms with E-state index in [-0.39, 0.29) is 12.1 Å². The van der Waals surface area contributed by atoms with Gasteiger partial charge in [0.05, 0.1) is 30.6 Å². The average molecular weight is 425 g/mol. The van der Waals surface area contributed by atoms with Crippen LogP contribution in [0.1, 0.15) is 46.9 Å². The second-order valence-electron chi connectivity index (χ2n) is 7.66.